The van der Waals surface area contributed by atoms with Crippen LogP contribution in [0.3, 0.4) is 0 Å². The van der Waals surface area contributed by atoms with Crippen LogP contribution in [0.2, 0.25) is 0 Å². The number of hydrogen-bond acceptors (Lipinski definition) is 4. The summed E-state index contributed by atoms with van der Waals surface area (Å²) in [7, 11) is 0. The highest BCUT2D eigenvalue weighted by Gasteiger charge is 2.57. The monoisotopic (exact) mass is 390 g/mol. The molecule has 3 fully saturated rings. The van der Waals surface area contributed by atoms with Crippen molar-refractivity contribution in [3.8, 4) is 0 Å². The molecule has 0 bridgehead atoms. The number of carbonyl (C=O) groups excluding carboxylic acids is 1. The normalized spacial score (nSPS) is 43.4. The molecule has 0 heterocycles. The first-order valence-electron chi connectivity index (χ1n) is 11.0. The number of hydrogen-bond donors (Lipinski definition) is 3. The Morgan fingerprint density at radius 1 is 1.29 bits per heavy atom. The maximum atomic E-state index is 13.4. The number of carbonyl (C=O) groups is 1. The van der Waals surface area contributed by atoms with Crippen LogP contribution in [0.5, 0.6) is 0 Å². The molecule has 0 spiro atoms. The number of fused-ring (bicyclic) bond motifs is 3. The summed E-state index contributed by atoms with van der Waals surface area (Å²) in [6, 6.07) is 0. The third-order valence-electron chi connectivity index (χ3n) is 8.27. The van der Waals surface area contributed by atoms with Crippen molar-refractivity contribution in [3.05, 3.63) is 0 Å². The highest BCUT2D eigenvalue weighted by atomic mass is 16.3. The second-order valence-electron chi connectivity index (χ2n) is 10.0. The van der Waals surface area contributed by atoms with Gasteiger partial charge in [-0.15, -0.1) is 5.10 Å². The van der Waals surface area contributed by atoms with Gasteiger partial charge in [0.2, 0.25) is 5.96 Å². The quantitative estimate of drug-likeness (QED) is 0.380. The zero-order valence-corrected chi connectivity index (χ0v) is 17.7. The van der Waals surface area contributed by atoms with Crippen molar-refractivity contribution in [2.45, 2.75) is 84.7 Å². The minimum absolute atomic E-state index is 0.0570. The first-order valence-corrected chi connectivity index (χ1v) is 11.0. The second kappa shape index (κ2) is 8.13. The van der Waals surface area contributed by atoms with Crippen LogP contribution < -0.4 is 11.5 Å². The zero-order valence-electron chi connectivity index (χ0n) is 17.7. The Labute approximate surface area is 169 Å². The molecule has 1 unspecified atom stereocenters. The number of aliphatic hydroxyl groups is 1. The van der Waals surface area contributed by atoms with E-state index >= 15 is 0 Å². The van der Waals surface area contributed by atoms with Crippen LogP contribution in [-0.4, -0.2) is 29.2 Å². The van der Waals surface area contributed by atoms with Gasteiger partial charge in [0.15, 0.2) is 0 Å². The molecule has 0 aromatic rings. The van der Waals surface area contributed by atoms with Crippen molar-refractivity contribution in [1.82, 2.24) is 0 Å². The van der Waals surface area contributed by atoms with Gasteiger partial charge < -0.3 is 16.6 Å². The van der Waals surface area contributed by atoms with Gasteiger partial charge in [0, 0.05) is 17.5 Å². The topological polar surface area (TPSA) is 114 Å². The molecule has 3 aliphatic carbocycles. The van der Waals surface area contributed by atoms with Gasteiger partial charge in [0.25, 0.3) is 0 Å². The molecule has 28 heavy (non-hydrogen) atoms. The lowest BCUT2D eigenvalue weighted by molar-refractivity contribution is -0.157. The predicted octanol–water partition coefficient (Wildman–Crippen LogP) is 3.22. The molecule has 0 aromatic carbocycles. The Kier molecular flexibility index (Phi) is 6.18. The first kappa shape index (κ1) is 21.3. The van der Waals surface area contributed by atoms with E-state index in [1.54, 1.807) is 6.21 Å². The fourth-order valence-electron chi connectivity index (χ4n) is 6.78. The number of guanidine groups is 1. The molecule has 7 atom stereocenters. The summed E-state index contributed by atoms with van der Waals surface area (Å²) in [5, 5.41) is 18.3. The molecule has 3 rings (SSSR count). The fourth-order valence-corrected chi connectivity index (χ4v) is 6.78. The van der Waals surface area contributed by atoms with E-state index in [0.717, 1.165) is 51.4 Å². The molecule has 6 heteroatoms. The third kappa shape index (κ3) is 3.85. The number of nitrogens with two attached hydrogens (primary N) is 2. The van der Waals surface area contributed by atoms with Crippen LogP contribution in [0.25, 0.3) is 0 Å². The summed E-state index contributed by atoms with van der Waals surface area (Å²) in [4.78, 5) is 13.4. The lowest BCUT2D eigenvalue weighted by Gasteiger charge is -2.59. The Morgan fingerprint density at radius 3 is 2.71 bits per heavy atom. The molecule has 0 saturated heterocycles. The number of nitrogens with zero attached hydrogens (tertiary/aromatic N) is 2. The minimum Gasteiger partial charge on any atom is -0.393 e. The summed E-state index contributed by atoms with van der Waals surface area (Å²) < 4.78 is 0. The molecular formula is C22H38N4O2. The predicted molar refractivity (Wildman–Crippen MR) is 113 cm³/mol. The summed E-state index contributed by atoms with van der Waals surface area (Å²) in [5.41, 5.74) is 10.6. The number of ketones is 1. The van der Waals surface area contributed by atoms with Crippen LogP contribution in [0.15, 0.2) is 10.2 Å². The van der Waals surface area contributed by atoms with Crippen molar-refractivity contribution in [1.29, 1.82) is 0 Å². The molecule has 0 amide bonds. The van der Waals surface area contributed by atoms with E-state index in [9.17, 15) is 9.90 Å². The highest BCUT2D eigenvalue weighted by molar-refractivity contribution is 5.88. The zero-order chi connectivity index (χ0) is 20.5. The average molecular weight is 391 g/mol. The standard InChI is InChI=1S/C22H38N4O2/c1-4-9-21(2)10-7-17-16(19(21)28)6-5-15-12-18(27)14(13-22(15,17)3)8-11-25-26-20(23)24/h11,14-18,27H,4-10,12-13H2,1-3H3,(H4,23,24,26)/b25-11-/t14?,15-,16-,17+,18-,21+,22+/m1/s1. The van der Waals surface area contributed by atoms with Gasteiger partial charge in [0.05, 0.1) is 6.10 Å². The maximum absolute atomic E-state index is 13.4. The molecule has 0 aromatic heterocycles. The Balaban J connectivity index is 1.76. The fraction of sp³-hybridized carbons (Fsp3) is 0.864. The molecule has 0 aliphatic heterocycles. The number of Topliss-reactive ketones (excluding diaryl/α,β-unsaturated/α-hetero) is 1. The van der Waals surface area contributed by atoms with Crippen LogP contribution in [-0.2, 0) is 4.79 Å². The van der Waals surface area contributed by atoms with Gasteiger partial charge in [-0.2, -0.15) is 5.10 Å². The molecular weight excluding hydrogens is 352 g/mol. The molecule has 0 radical (unpaired) electrons. The van der Waals surface area contributed by atoms with Crippen molar-refractivity contribution >= 4 is 18.0 Å². The van der Waals surface area contributed by atoms with Gasteiger partial charge in [-0.05, 0) is 74.5 Å². The largest absolute Gasteiger partial charge is 0.393 e. The smallest absolute Gasteiger partial charge is 0.211 e. The third-order valence-corrected chi connectivity index (χ3v) is 8.27. The van der Waals surface area contributed by atoms with Gasteiger partial charge in [-0.1, -0.05) is 27.2 Å². The number of rotatable bonds is 5. The van der Waals surface area contributed by atoms with Gasteiger partial charge in [-0.25, -0.2) is 0 Å². The lowest BCUT2D eigenvalue weighted by Crippen LogP contribution is -2.56. The molecule has 3 saturated carbocycles. The number of aliphatic hydroxyl groups excluding tert-OH is 1. The van der Waals surface area contributed by atoms with Crippen molar-refractivity contribution < 1.29 is 9.90 Å². The van der Waals surface area contributed by atoms with Crippen LogP contribution >= 0.6 is 0 Å². The average Bonchev–Trinajstić information content (AvgIpc) is 2.63. The van der Waals surface area contributed by atoms with Crippen LogP contribution in [0.1, 0.15) is 78.6 Å². The summed E-state index contributed by atoms with van der Waals surface area (Å²) in [6.07, 6.45) is 10.2. The summed E-state index contributed by atoms with van der Waals surface area (Å²) >= 11 is 0. The second-order valence-corrected chi connectivity index (χ2v) is 10.0. The molecule has 3 aliphatic rings. The van der Waals surface area contributed by atoms with Crippen molar-refractivity contribution in [2.75, 3.05) is 0 Å². The van der Waals surface area contributed by atoms with Crippen molar-refractivity contribution in [3.63, 3.8) is 0 Å². The Morgan fingerprint density at radius 2 is 2.04 bits per heavy atom. The molecule has 6 nitrogen and oxygen atoms in total. The van der Waals surface area contributed by atoms with Gasteiger partial charge in [-0.3, -0.25) is 4.79 Å². The van der Waals surface area contributed by atoms with Crippen molar-refractivity contribution in [2.24, 2.45) is 56.2 Å². The van der Waals surface area contributed by atoms with E-state index in [-0.39, 0.29) is 34.7 Å². The van der Waals surface area contributed by atoms with Crippen LogP contribution in [0.4, 0.5) is 0 Å². The van der Waals surface area contributed by atoms with E-state index in [2.05, 4.69) is 31.0 Å². The molecule has 5 N–H and O–H groups in total. The Bertz CT molecular complexity index is 644. The van der Waals surface area contributed by atoms with E-state index in [1.165, 1.54) is 0 Å². The lowest BCUT2D eigenvalue weighted by atomic mass is 9.45. The summed E-state index contributed by atoms with van der Waals surface area (Å²) in [6.45, 7) is 6.76. The van der Waals surface area contributed by atoms with E-state index in [4.69, 9.17) is 11.5 Å². The SMILES string of the molecule is CCC[C@@]1(C)CC[C@H]2[C@@H](CC[C@@H]3C[C@@H](O)C(C/C=N\N=C(N)N)C[C@@]32C)C1=O. The van der Waals surface area contributed by atoms with E-state index in [1.807, 2.05) is 0 Å². The van der Waals surface area contributed by atoms with Gasteiger partial charge >= 0.3 is 0 Å². The van der Waals surface area contributed by atoms with E-state index < -0.39 is 0 Å². The Hall–Kier alpha value is -1.43. The van der Waals surface area contributed by atoms with Gasteiger partial charge in [0.1, 0.15) is 5.78 Å². The van der Waals surface area contributed by atoms with Crippen LogP contribution in [0, 0.1) is 34.5 Å². The van der Waals surface area contributed by atoms with E-state index in [0.29, 0.717) is 24.0 Å². The minimum atomic E-state index is -0.315. The highest BCUT2D eigenvalue weighted by Crippen LogP contribution is 2.61. The maximum Gasteiger partial charge on any atom is 0.211 e. The molecule has 158 valence electrons. The first-order chi connectivity index (χ1) is 13.2. The summed E-state index contributed by atoms with van der Waals surface area (Å²) in [5.74, 6) is 1.78.